The van der Waals surface area contributed by atoms with Crippen LogP contribution in [0.3, 0.4) is 0 Å². The third-order valence-electron chi connectivity index (χ3n) is 3.24. The summed E-state index contributed by atoms with van der Waals surface area (Å²) in [5.41, 5.74) is 3.41. The van der Waals surface area contributed by atoms with Crippen molar-refractivity contribution in [1.82, 2.24) is 9.97 Å². The number of nitrogens with one attached hydrogen (secondary N) is 1. The number of methoxy groups -OCH3 is 1. The van der Waals surface area contributed by atoms with Crippen LogP contribution < -0.4 is 4.74 Å². The molecule has 0 saturated carbocycles. The van der Waals surface area contributed by atoms with E-state index >= 15 is 0 Å². The summed E-state index contributed by atoms with van der Waals surface area (Å²) in [6, 6.07) is 18.3. The Labute approximate surface area is 118 Å². The molecule has 0 radical (unpaired) electrons. The number of H-pyrrole nitrogens is 1. The number of aromatic nitrogens is 2. The van der Waals surface area contributed by atoms with Crippen molar-refractivity contribution in [2.24, 2.45) is 0 Å². The van der Waals surface area contributed by atoms with Crippen molar-refractivity contribution < 1.29 is 4.74 Å². The molecule has 2 aromatic carbocycles. The van der Waals surface area contributed by atoms with Crippen LogP contribution in [-0.4, -0.2) is 17.1 Å². The number of ether oxygens (including phenoxy) is 1. The van der Waals surface area contributed by atoms with E-state index in [2.05, 4.69) is 34.2 Å². The lowest BCUT2D eigenvalue weighted by Gasteiger charge is -2.02. The van der Waals surface area contributed by atoms with Crippen LogP contribution in [-0.2, 0) is 6.42 Å². The standard InChI is InChI=1S/C17H16N2O/c1-20-15-9-7-13(8-10-15)11-17-18-12-16(19-17)14-5-3-2-4-6-14/h2-10,12H,11H2,1H3,(H,18,19). The van der Waals surface area contributed by atoms with Crippen molar-refractivity contribution in [3.8, 4) is 17.0 Å². The Balaban J connectivity index is 1.77. The smallest absolute Gasteiger partial charge is 0.118 e. The SMILES string of the molecule is COc1ccc(Cc2ncc(-c3ccccc3)[nH]2)cc1. The minimum absolute atomic E-state index is 0.789. The molecule has 0 aliphatic carbocycles. The summed E-state index contributed by atoms with van der Waals surface area (Å²) in [5.74, 6) is 1.84. The zero-order chi connectivity index (χ0) is 13.8. The Morgan fingerprint density at radius 3 is 2.45 bits per heavy atom. The molecule has 0 aliphatic rings. The summed E-state index contributed by atoms with van der Waals surface area (Å²) in [5, 5.41) is 0. The quantitative estimate of drug-likeness (QED) is 0.780. The van der Waals surface area contributed by atoms with E-state index < -0.39 is 0 Å². The number of nitrogens with zero attached hydrogens (tertiary/aromatic N) is 1. The Bertz CT molecular complexity index is 672. The van der Waals surface area contributed by atoms with Crippen LogP contribution >= 0.6 is 0 Å². The summed E-state index contributed by atoms with van der Waals surface area (Å²) in [4.78, 5) is 7.81. The lowest BCUT2D eigenvalue weighted by Crippen LogP contribution is -1.91. The summed E-state index contributed by atoms with van der Waals surface area (Å²) in [6.07, 6.45) is 2.67. The Kier molecular flexibility index (Phi) is 3.50. The van der Waals surface area contributed by atoms with E-state index in [-0.39, 0.29) is 0 Å². The fourth-order valence-corrected chi connectivity index (χ4v) is 2.15. The van der Waals surface area contributed by atoms with Gasteiger partial charge in [-0.3, -0.25) is 0 Å². The predicted octanol–water partition coefficient (Wildman–Crippen LogP) is 3.68. The molecule has 0 spiro atoms. The summed E-state index contributed by atoms with van der Waals surface area (Å²) in [7, 11) is 1.67. The summed E-state index contributed by atoms with van der Waals surface area (Å²) < 4.78 is 5.16. The number of imidazole rings is 1. The Hall–Kier alpha value is -2.55. The lowest BCUT2D eigenvalue weighted by atomic mass is 10.1. The normalized spacial score (nSPS) is 10.4. The molecule has 3 rings (SSSR count). The second kappa shape index (κ2) is 5.61. The molecule has 3 aromatic rings. The second-order valence-corrected chi connectivity index (χ2v) is 4.63. The number of hydrogen-bond donors (Lipinski definition) is 1. The predicted molar refractivity (Wildman–Crippen MR) is 79.8 cm³/mol. The van der Waals surface area contributed by atoms with Gasteiger partial charge in [0, 0.05) is 6.42 Å². The average molecular weight is 264 g/mol. The van der Waals surface area contributed by atoms with E-state index in [1.807, 2.05) is 36.5 Å². The molecule has 0 unspecified atom stereocenters. The molecule has 0 aliphatic heterocycles. The van der Waals surface area contributed by atoms with Crippen LogP contribution in [0.25, 0.3) is 11.3 Å². The van der Waals surface area contributed by atoms with Gasteiger partial charge in [0.05, 0.1) is 19.0 Å². The van der Waals surface area contributed by atoms with Crippen LogP contribution in [0.15, 0.2) is 60.8 Å². The molecule has 0 atom stereocenters. The molecule has 1 heterocycles. The van der Waals surface area contributed by atoms with Crippen LogP contribution in [0.4, 0.5) is 0 Å². The highest BCUT2D eigenvalue weighted by molar-refractivity contribution is 5.58. The number of aromatic amines is 1. The van der Waals surface area contributed by atoms with Crippen molar-refractivity contribution in [3.63, 3.8) is 0 Å². The third-order valence-corrected chi connectivity index (χ3v) is 3.24. The molecule has 3 nitrogen and oxygen atoms in total. The van der Waals surface area contributed by atoms with Gasteiger partial charge in [0.15, 0.2) is 0 Å². The van der Waals surface area contributed by atoms with Crippen molar-refractivity contribution in [2.45, 2.75) is 6.42 Å². The molecule has 0 fully saturated rings. The summed E-state index contributed by atoms with van der Waals surface area (Å²) >= 11 is 0. The maximum atomic E-state index is 5.16. The number of rotatable bonds is 4. The highest BCUT2D eigenvalue weighted by Gasteiger charge is 2.04. The van der Waals surface area contributed by atoms with Gasteiger partial charge in [0.25, 0.3) is 0 Å². The van der Waals surface area contributed by atoms with Crippen LogP contribution in [0.5, 0.6) is 5.75 Å². The van der Waals surface area contributed by atoms with Gasteiger partial charge < -0.3 is 9.72 Å². The van der Waals surface area contributed by atoms with E-state index in [0.717, 1.165) is 29.3 Å². The Morgan fingerprint density at radius 1 is 1.00 bits per heavy atom. The zero-order valence-corrected chi connectivity index (χ0v) is 11.3. The van der Waals surface area contributed by atoms with Gasteiger partial charge in [0.1, 0.15) is 11.6 Å². The molecule has 1 aromatic heterocycles. The fraction of sp³-hybridized carbons (Fsp3) is 0.118. The molecule has 100 valence electrons. The first kappa shape index (κ1) is 12.5. The van der Waals surface area contributed by atoms with Gasteiger partial charge in [-0.05, 0) is 23.3 Å². The minimum atomic E-state index is 0.789. The molecule has 0 amide bonds. The van der Waals surface area contributed by atoms with Crippen LogP contribution in [0.1, 0.15) is 11.4 Å². The monoisotopic (exact) mass is 264 g/mol. The first-order chi connectivity index (χ1) is 9.85. The van der Waals surface area contributed by atoms with Gasteiger partial charge in [-0.25, -0.2) is 4.98 Å². The van der Waals surface area contributed by atoms with Crippen LogP contribution in [0, 0.1) is 0 Å². The first-order valence-electron chi connectivity index (χ1n) is 6.57. The van der Waals surface area contributed by atoms with E-state index in [0.29, 0.717) is 0 Å². The van der Waals surface area contributed by atoms with E-state index in [4.69, 9.17) is 4.74 Å². The topological polar surface area (TPSA) is 37.9 Å². The highest BCUT2D eigenvalue weighted by atomic mass is 16.5. The van der Waals surface area contributed by atoms with Gasteiger partial charge in [-0.1, -0.05) is 42.5 Å². The van der Waals surface area contributed by atoms with Crippen molar-refractivity contribution in [1.29, 1.82) is 0 Å². The Morgan fingerprint density at radius 2 is 1.75 bits per heavy atom. The third kappa shape index (κ3) is 2.72. The fourth-order valence-electron chi connectivity index (χ4n) is 2.15. The number of benzene rings is 2. The van der Waals surface area contributed by atoms with Gasteiger partial charge in [-0.15, -0.1) is 0 Å². The van der Waals surface area contributed by atoms with Crippen molar-refractivity contribution in [3.05, 3.63) is 72.2 Å². The summed E-state index contributed by atoms with van der Waals surface area (Å²) in [6.45, 7) is 0. The minimum Gasteiger partial charge on any atom is -0.497 e. The molecule has 3 heteroatoms. The zero-order valence-electron chi connectivity index (χ0n) is 11.3. The molecule has 0 bridgehead atoms. The molecular formula is C17H16N2O. The maximum Gasteiger partial charge on any atom is 0.118 e. The van der Waals surface area contributed by atoms with E-state index in [1.165, 1.54) is 5.56 Å². The first-order valence-corrected chi connectivity index (χ1v) is 6.57. The molecule has 20 heavy (non-hydrogen) atoms. The van der Waals surface area contributed by atoms with E-state index in [1.54, 1.807) is 7.11 Å². The molecular weight excluding hydrogens is 248 g/mol. The largest absolute Gasteiger partial charge is 0.497 e. The maximum absolute atomic E-state index is 5.16. The van der Waals surface area contributed by atoms with Gasteiger partial charge >= 0.3 is 0 Å². The van der Waals surface area contributed by atoms with E-state index in [9.17, 15) is 0 Å². The van der Waals surface area contributed by atoms with Crippen molar-refractivity contribution in [2.75, 3.05) is 7.11 Å². The second-order valence-electron chi connectivity index (χ2n) is 4.63. The lowest BCUT2D eigenvalue weighted by molar-refractivity contribution is 0.414. The van der Waals surface area contributed by atoms with Crippen LogP contribution in [0.2, 0.25) is 0 Å². The number of hydrogen-bond acceptors (Lipinski definition) is 2. The average Bonchev–Trinajstić information content (AvgIpc) is 2.97. The van der Waals surface area contributed by atoms with Crippen molar-refractivity contribution >= 4 is 0 Å². The molecule has 1 N–H and O–H groups in total. The van der Waals surface area contributed by atoms with Gasteiger partial charge in [-0.2, -0.15) is 0 Å². The molecule has 0 saturated heterocycles. The highest BCUT2D eigenvalue weighted by Crippen LogP contribution is 2.18. The van der Waals surface area contributed by atoms with Gasteiger partial charge in [0.2, 0.25) is 0 Å².